The van der Waals surface area contributed by atoms with Crippen LogP contribution in [0.1, 0.15) is 23.0 Å². The number of hydrogen-bond acceptors (Lipinski definition) is 5. The second kappa shape index (κ2) is 8.59. The Bertz CT molecular complexity index is 1260. The first kappa shape index (κ1) is 20.0. The molecule has 4 rings (SSSR count). The van der Waals surface area contributed by atoms with Gasteiger partial charge in [-0.3, -0.25) is 4.79 Å². The summed E-state index contributed by atoms with van der Waals surface area (Å²) in [5.74, 6) is 0.975. The minimum atomic E-state index is -0.429. The molecule has 0 radical (unpaired) electrons. The highest BCUT2D eigenvalue weighted by molar-refractivity contribution is 9.10. The molecule has 1 aromatic heterocycles. The Balaban J connectivity index is 1.55. The van der Waals surface area contributed by atoms with E-state index in [0.717, 1.165) is 26.2 Å². The van der Waals surface area contributed by atoms with E-state index in [4.69, 9.17) is 13.9 Å². The van der Waals surface area contributed by atoms with Crippen LogP contribution < -0.4 is 14.9 Å². The molecule has 0 atom stereocenters. The van der Waals surface area contributed by atoms with Crippen LogP contribution in [0.25, 0.3) is 21.7 Å². The highest BCUT2D eigenvalue weighted by Gasteiger charge is 2.14. The summed E-state index contributed by atoms with van der Waals surface area (Å²) in [6.45, 7) is 2.40. The van der Waals surface area contributed by atoms with Crippen molar-refractivity contribution < 1.29 is 18.7 Å². The molecule has 6 nitrogen and oxygen atoms in total. The quantitative estimate of drug-likeness (QED) is 0.300. The van der Waals surface area contributed by atoms with Gasteiger partial charge in [0.1, 0.15) is 5.58 Å². The van der Waals surface area contributed by atoms with E-state index in [1.807, 2.05) is 43.3 Å². The van der Waals surface area contributed by atoms with Crippen molar-refractivity contribution in [2.75, 3.05) is 13.7 Å². The van der Waals surface area contributed by atoms with Crippen molar-refractivity contribution in [3.63, 3.8) is 0 Å². The zero-order valence-corrected chi connectivity index (χ0v) is 18.0. The first-order chi connectivity index (χ1) is 14.6. The van der Waals surface area contributed by atoms with Gasteiger partial charge >= 0.3 is 5.91 Å². The molecule has 0 aliphatic rings. The largest absolute Gasteiger partial charge is 0.493 e. The fourth-order valence-corrected chi connectivity index (χ4v) is 3.62. The molecule has 0 unspecified atom stereocenters. The molecule has 4 aromatic rings. The van der Waals surface area contributed by atoms with Crippen molar-refractivity contribution in [3.8, 4) is 11.5 Å². The summed E-state index contributed by atoms with van der Waals surface area (Å²) in [4.78, 5) is 12.5. The number of rotatable bonds is 6. The minimum Gasteiger partial charge on any atom is -0.493 e. The van der Waals surface area contributed by atoms with Crippen molar-refractivity contribution in [2.24, 2.45) is 5.10 Å². The molecular formula is C23H19BrN2O4. The van der Waals surface area contributed by atoms with E-state index in [1.54, 1.807) is 25.3 Å². The zero-order valence-electron chi connectivity index (χ0n) is 16.4. The molecular weight excluding hydrogens is 448 g/mol. The second-order valence-corrected chi connectivity index (χ2v) is 7.32. The third-order valence-electron chi connectivity index (χ3n) is 4.60. The number of benzene rings is 3. The lowest BCUT2D eigenvalue weighted by molar-refractivity contribution is 0.0929. The SMILES string of the molecule is CCOc1cc(/C=N/NC(=O)c2cc3c(ccc4ccccc43)o2)c(Br)cc1OC. The Kier molecular flexibility index (Phi) is 5.72. The lowest BCUT2D eigenvalue weighted by atomic mass is 10.1. The molecule has 0 saturated carbocycles. The Morgan fingerprint density at radius 1 is 1.13 bits per heavy atom. The number of nitrogens with zero attached hydrogens (tertiary/aromatic N) is 1. The van der Waals surface area contributed by atoms with Gasteiger partial charge in [-0.1, -0.05) is 30.3 Å². The van der Waals surface area contributed by atoms with E-state index in [-0.39, 0.29) is 5.76 Å². The van der Waals surface area contributed by atoms with Gasteiger partial charge in [-0.2, -0.15) is 5.10 Å². The summed E-state index contributed by atoms with van der Waals surface area (Å²) in [5, 5.41) is 7.07. The van der Waals surface area contributed by atoms with Crippen molar-refractivity contribution in [1.29, 1.82) is 0 Å². The number of amides is 1. The maximum Gasteiger partial charge on any atom is 0.307 e. The molecule has 30 heavy (non-hydrogen) atoms. The molecule has 0 fully saturated rings. The van der Waals surface area contributed by atoms with Gasteiger partial charge in [-0.15, -0.1) is 0 Å². The van der Waals surface area contributed by atoms with Crippen LogP contribution >= 0.6 is 15.9 Å². The van der Waals surface area contributed by atoms with E-state index < -0.39 is 5.91 Å². The summed E-state index contributed by atoms with van der Waals surface area (Å²) in [7, 11) is 1.58. The predicted molar refractivity (Wildman–Crippen MR) is 121 cm³/mol. The summed E-state index contributed by atoms with van der Waals surface area (Å²) < 4.78 is 17.4. The van der Waals surface area contributed by atoms with Crippen LogP contribution in [0.15, 0.2) is 68.6 Å². The normalized spacial score (nSPS) is 11.3. The molecule has 0 saturated heterocycles. The van der Waals surface area contributed by atoms with Crippen molar-refractivity contribution in [3.05, 3.63) is 70.4 Å². The lowest BCUT2D eigenvalue weighted by Crippen LogP contribution is -2.16. The Morgan fingerprint density at radius 2 is 1.97 bits per heavy atom. The predicted octanol–water partition coefficient (Wildman–Crippen LogP) is 5.52. The number of methoxy groups -OCH3 is 1. The smallest absolute Gasteiger partial charge is 0.307 e. The first-order valence-corrected chi connectivity index (χ1v) is 10.1. The average Bonchev–Trinajstić information content (AvgIpc) is 3.21. The van der Waals surface area contributed by atoms with E-state index in [0.29, 0.717) is 23.7 Å². The number of carbonyl (C=O) groups is 1. The fourth-order valence-electron chi connectivity index (χ4n) is 3.20. The standard InChI is InChI=1S/C23H19BrN2O4/c1-3-29-21-10-15(18(24)12-20(21)28-2)13-25-26-23(27)22-11-17-16-7-5-4-6-14(16)8-9-19(17)30-22/h4-13H,3H2,1-2H3,(H,26,27)/b25-13+. The van der Waals surface area contributed by atoms with Gasteiger partial charge in [-0.05, 0) is 57.9 Å². The molecule has 3 aromatic carbocycles. The maximum absolute atomic E-state index is 12.5. The number of fused-ring (bicyclic) bond motifs is 3. The number of hydrogen-bond donors (Lipinski definition) is 1. The van der Waals surface area contributed by atoms with Gasteiger partial charge in [0.2, 0.25) is 0 Å². The molecule has 0 spiro atoms. The summed E-state index contributed by atoms with van der Waals surface area (Å²) in [6.07, 6.45) is 1.53. The van der Waals surface area contributed by atoms with Crippen LogP contribution in [0.2, 0.25) is 0 Å². The third-order valence-corrected chi connectivity index (χ3v) is 5.29. The Labute approximate surface area is 181 Å². The van der Waals surface area contributed by atoms with E-state index in [9.17, 15) is 4.79 Å². The number of hydrazone groups is 1. The van der Waals surface area contributed by atoms with Crippen molar-refractivity contribution >= 4 is 49.8 Å². The number of halogens is 1. The zero-order chi connectivity index (χ0) is 21.1. The maximum atomic E-state index is 12.5. The van der Waals surface area contributed by atoms with Crippen LogP contribution in [-0.2, 0) is 0 Å². The van der Waals surface area contributed by atoms with Gasteiger partial charge < -0.3 is 13.9 Å². The van der Waals surface area contributed by atoms with E-state index in [1.165, 1.54) is 6.21 Å². The molecule has 1 N–H and O–H groups in total. The number of furan rings is 1. The number of carbonyl (C=O) groups excluding carboxylic acids is 1. The number of nitrogens with one attached hydrogen (secondary N) is 1. The minimum absolute atomic E-state index is 0.197. The topological polar surface area (TPSA) is 73.1 Å². The molecule has 0 bridgehead atoms. The lowest BCUT2D eigenvalue weighted by Gasteiger charge is -2.11. The van der Waals surface area contributed by atoms with Crippen LogP contribution in [0.5, 0.6) is 11.5 Å². The van der Waals surface area contributed by atoms with Gasteiger partial charge in [0, 0.05) is 15.4 Å². The molecule has 0 aliphatic heterocycles. The second-order valence-electron chi connectivity index (χ2n) is 6.47. The van der Waals surface area contributed by atoms with Gasteiger partial charge in [0.05, 0.1) is 19.9 Å². The molecule has 1 heterocycles. The molecule has 0 aliphatic carbocycles. The Hall–Kier alpha value is -3.32. The van der Waals surface area contributed by atoms with Crippen molar-refractivity contribution in [1.82, 2.24) is 5.43 Å². The fraction of sp³-hybridized carbons (Fsp3) is 0.130. The number of ether oxygens (including phenoxy) is 2. The summed E-state index contributed by atoms with van der Waals surface area (Å²) in [6, 6.07) is 17.1. The summed E-state index contributed by atoms with van der Waals surface area (Å²) in [5.41, 5.74) is 3.89. The van der Waals surface area contributed by atoms with Crippen LogP contribution in [0.3, 0.4) is 0 Å². The monoisotopic (exact) mass is 466 g/mol. The van der Waals surface area contributed by atoms with Crippen LogP contribution in [0.4, 0.5) is 0 Å². The molecule has 152 valence electrons. The van der Waals surface area contributed by atoms with Gasteiger partial charge in [0.15, 0.2) is 17.3 Å². The molecule has 7 heteroatoms. The molecule has 1 amide bonds. The summed E-state index contributed by atoms with van der Waals surface area (Å²) >= 11 is 3.47. The Morgan fingerprint density at radius 3 is 2.77 bits per heavy atom. The van der Waals surface area contributed by atoms with Gasteiger partial charge in [0.25, 0.3) is 0 Å². The van der Waals surface area contributed by atoms with E-state index in [2.05, 4.69) is 26.5 Å². The third kappa shape index (κ3) is 3.89. The average molecular weight is 467 g/mol. The highest BCUT2D eigenvalue weighted by Crippen LogP contribution is 2.33. The van der Waals surface area contributed by atoms with E-state index >= 15 is 0 Å². The van der Waals surface area contributed by atoms with Crippen molar-refractivity contribution in [2.45, 2.75) is 6.92 Å². The highest BCUT2D eigenvalue weighted by atomic mass is 79.9. The van der Waals surface area contributed by atoms with Crippen LogP contribution in [-0.4, -0.2) is 25.8 Å². The first-order valence-electron chi connectivity index (χ1n) is 9.35. The van der Waals surface area contributed by atoms with Gasteiger partial charge in [-0.25, -0.2) is 5.43 Å². The van der Waals surface area contributed by atoms with Crippen LogP contribution in [0, 0.1) is 0 Å².